The number of nitrogens with zero attached hydrogens (tertiary/aromatic N) is 2. The summed E-state index contributed by atoms with van der Waals surface area (Å²) in [6, 6.07) is 0.120. The van der Waals surface area contributed by atoms with E-state index in [1.807, 2.05) is 18.7 Å². The van der Waals surface area contributed by atoms with Crippen molar-refractivity contribution < 1.29 is 14.7 Å². The zero-order chi connectivity index (χ0) is 13.5. The Bertz CT molecular complexity index is 288. The Morgan fingerprint density at radius 1 is 1.22 bits per heavy atom. The van der Waals surface area contributed by atoms with E-state index < -0.39 is 5.97 Å². The minimum atomic E-state index is -0.873. The van der Waals surface area contributed by atoms with Crippen LogP contribution < -0.4 is 0 Å². The van der Waals surface area contributed by atoms with Crippen molar-refractivity contribution in [1.29, 1.82) is 0 Å². The van der Waals surface area contributed by atoms with Crippen LogP contribution in [0, 0.1) is 0 Å². The predicted octanol–water partition coefficient (Wildman–Crippen LogP) is 1.18. The molecule has 1 aliphatic rings. The number of aliphatic carboxylic acids is 1. The fourth-order valence-electron chi connectivity index (χ4n) is 2.22. The first kappa shape index (κ1) is 15.0. The summed E-state index contributed by atoms with van der Waals surface area (Å²) in [4.78, 5) is 26.5. The van der Waals surface area contributed by atoms with Crippen molar-refractivity contribution in [3.63, 3.8) is 0 Å². The lowest BCUT2D eigenvalue weighted by molar-refractivity contribution is -0.140. The molecule has 1 heterocycles. The fourth-order valence-corrected chi connectivity index (χ4v) is 2.22. The Morgan fingerprint density at radius 3 is 2.33 bits per heavy atom. The average molecular weight is 256 g/mol. The van der Waals surface area contributed by atoms with E-state index in [1.54, 1.807) is 4.90 Å². The monoisotopic (exact) mass is 256 g/mol. The molecule has 1 unspecified atom stereocenters. The van der Waals surface area contributed by atoms with Crippen LogP contribution >= 0.6 is 0 Å². The first-order chi connectivity index (χ1) is 8.54. The lowest BCUT2D eigenvalue weighted by Crippen LogP contribution is -2.46. The van der Waals surface area contributed by atoms with Gasteiger partial charge in [0.2, 0.25) is 5.91 Å². The van der Waals surface area contributed by atoms with Crippen molar-refractivity contribution >= 4 is 11.9 Å². The number of carboxylic acids is 1. The second-order valence-electron chi connectivity index (χ2n) is 5.00. The lowest BCUT2D eigenvalue weighted by Gasteiger charge is -2.31. The van der Waals surface area contributed by atoms with Gasteiger partial charge in [0, 0.05) is 19.1 Å². The third-order valence-electron chi connectivity index (χ3n) is 3.60. The summed E-state index contributed by atoms with van der Waals surface area (Å²) in [7, 11) is 0. The number of carbonyl (C=O) groups is 2. The average Bonchev–Trinajstić information content (AvgIpc) is 2.37. The molecule has 104 valence electrons. The Labute approximate surface area is 109 Å². The van der Waals surface area contributed by atoms with E-state index in [4.69, 9.17) is 5.11 Å². The molecule has 0 aliphatic carbocycles. The Balaban J connectivity index is 2.52. The third-order valence-corrected chi connectivity index (χ3v) is 3.60. The molecule has 0 spiro atoms. The highest BCUT2D eigenvalue weighted by molar-refractivity contribution is 5.79. The molecule has 1 atom stereocenters. The van der Waals surface area contributed by atoms with E-state index in [1.165, 1.54) is 6.42 Å². The van der Waals surface area contributed by atoms with Crippen LogP contribution in [0.1, 0.15) is 39.5 Å². The number of hydrogen-bond donors (Lipinski definition) is 1. The number of carboxylic acid groups (broad SMARTS) is 1. The molecule has 1 amide bonds. The van der Waals surface area contributed by atoms with Crippen LogP contribution in [0.3, 0.4) is 0 Å². The summed E-state index contributed by atoms with van der Waals surface area (Å²) in [6.07, 6.45) is 4.16. The van der Waals surface area contributed by atoms with Gasteiger partial charge in [-0.3, -0.25) is 14.5 Å². The second-order valence-corrected chi connectivity index (χ2v) is 5.00. The van der Waals surface area contributed by atoms with Gasteiger partial charge in [0.1, 0.15) is 0 Å². The van der Waals surface area contributed by atoms with Gasteiger partial charge in [-0.25, -0.2) is 0 Å². The fraction of sp³-hybridized carbons (Fsp3) is 0.846. The summed E-state index contributed by atoms with van der Waals surface area (Å²) in [5, 5.41) is 8.88. The first-order valence-electron chi connectivity index (χ1n) is 6.78. The lowest BCUT2D eigenvalue weighted by atomic mass is 10.1. The highest BCUT2D eigenvalue weighted by Gasteiger charge is 2.23. The molecule has 5 nitrogen and oxygen atoms in total. The van der Waals surface area contributed by atoms with E-state index in [-0.39, 0.29) is 25.0 Å². The SMILES string of the molecule is CCC(C)N(CC(=O)O)CC(=O)N1CCCCC1. The molecule has 18 heavy (non-hydrogen) atoms. The molecule has 1 saturated heterocycles. The van der Waals surface area contributed by atoms with Gasteiger partial charge in [-0.15, -0.1) is 0 Å². The van der Waals surface area contributed by atoms with Gasteiger partial charge in [-0.1, -0.05) is 6.92 Å². The third kappa shape index (κ3) is 4.64. The molecule has 5 heteroatoms. The maximum absolute atomic E-state index is 12.1. The van der Waals surface area contributed by atoms with Crippen molar-refractivity contribution in [2.75, 3.05) is 26.2 Å². The van der Waals surface area contributed by atoms with Crippen molar-refractivity contribution in [3.05, 3.63) is 0 Å². The molecule has 0 aromatic heterocycles. The molecule has 0 aromatic rings. The van der Waals surface area contributed by atoms with Gasteiger partial charge in [0.25, 0.3) is 0 Å². The van der Waals surface area contributed by atoms with Crippen LogP contribution in [0.25, 0.3) is 0 Å². The Kier molecular flexibility index (Phi) is 6.12. The number of piperidine rings is 1. The number of likely N-dealkylation sites (tertiary alicyclic amines) is 1. The second kappa shape index (κ2) is 7.36. The molecule has 1 rings (SSSR count). The minimum Gasteiger partial charge on any atom is -0.480 e. The van der Waals surface area contributed by atoms with Crippen molar-refractivity contribution in [1.82, 2.24) is 9.80 Å². The topological polar surface area (TPSA) is 60.9 Å². The zero-order valence-electron chi connectivity index (χ0n) is 11.4. The Morgan fingerprint density at radius 2 is 1.83 bits per heavy atom. The summed E-state index contributed by atoms with van der Waals surface area (Å²) in [6.45, 7) is 5.77. The zero-order valence-corrected chi connectivity index (χ0v) is 11.4. The van der Waals surface area contributed by atoms with Crippen LogP contribution in [0.15, 0.2) is 0 Å². The van der Waals surface area contributed by atoms with Crippen molar-refractivity contribution in [2.24, 2.45) is 0 Å². The summed E-state index contributed by atoms with van der Waals surface area (Å²) >= 11 is 0. The Hall–Kier alpha value is -1.10. The van der Waals surface area contributed by atoms with Crippen LogP contribution in [0.4, 0.5) is 0 Å². The first-order valence-corrected chi connectivity index (χ1v) is 6.78. The van der Waals surface area contributed by atoms with E-state index >= 15 is 0 Å². The number of rotatable bonds is 6. The van der Waals surface area contributed by atoms with Crippen molar-refractivity contribution in [2.45, 2.75) is 45.6 Å². The molecule has 0 bridgehead atoms. The normalized spacial score (nSPS) is 17.8. The van der Waals surface area contributed by atoms with Crippen LogP contribution in [-0.2, 0) is 9.59 Å². The van der Waals surface area contributed by atoms with Gasteiger partial charge in [0.15, 0.2) is 0 Å². The molecular weight excluding hydrogens is 232 g/mol. The van der Waals surface area contributed by atoms with E-state index in [9.17, 15) is 9.59 Å². The smallest absolute Gasteiger partial charge is 0.317 e. The standard InChI is InChI=1S/C13H24N2O3/c1-3-11(2)15(10-13(17)18)9-12(16)14-7-5-4-6-8-14/h11H,3-10H2,1-2H3,(H,17,18). The quantitative estimate of drug-likeness (QED) is 0.775. The highest BCUT2D eigenvalue weighted by Crippen LogP contribution is 2.10. The van der Waals surface area contributed by atoms with Gasteiger partial charge in [-0.05, 0) is 32.6 Å². The minimum absolute atomic E-state index is 0.0609. The van der Waals surface area contributed by atoms with Gasteiger partial charge >= 0.3 is 5.97 Å². The molecule has 1 N–H and O–H groups in total. The largest absolute Gasteiger partial charge is 0.480 e. The number of amides is 1. The van der Waals surface area contributed by atoms with Crippen LogP contribution in [-0.4, -0.2) is 59.0 Å². The van der Waals surface area contributed by atoms with E-state index in [0.29, 0.717) is 0 Å². The van der Waals surface area contributed by atoms with Gasteiger partial charge in [-0.2, -0.15) is 0 Å². The van der Waals surface area contributed by atoms with Gasteiger partial charge in [0.05, 0.1) is 13.1 Å². The summed E-state index contributed by atoms with van der Waals surface area (Å²) in [5.41, 5.74) is 0. The molecule has 0 aromatic carbocycles. The molecule has 1 aliphatic heterocycles. The predicted molar refractivity (Wildman–Crippen MR) is 69.4 cm³/mol. The van der Waals surface area contributed by atoms with Crippen LogP contribution in [0.2, 0.25) is 0 Å². The summed E-state index contributed by atoms with van der Waals surface area (Å²) in [5.74, 6) is -0.807. The summed E-state index contributed by atoms with van der Waals surface area (Å²) < 4.78 is 0. The van der Waals surface area contributed by atoms with Crippen molar-refractivity contribution in [3.8, 4) is 0 Å². The number of hydrogen-bond acceptors (Lipinski definition) is 3. The highest BCUT2D eigenvalue weighted by atomic mass is 16.4. The van der Waals surface area contributed by atoms with E-state index in [2.05, 4.69) is 0 Å². The molecule has 1 fully saturated rings. The van der Waals surface area contributed by atoms with E-state index in [0.717, 1.165) is 32.4 Å². The molecule has 0 saturated carbocycles. The maximum Gasteiger partial charge on any atom is 0.317 e. The number of carbonyl (C=O) groups excluding carboxylic acids is 1. The van der Waals surface area contributed by atoms with Crippen LogP contribution in [0.5, 0.6) is 0 Å². The molecule has 0 radical (unpaired) electrons. The maximum atomic E-state index is 12.1. The van der Waals surface area contributed by atoms with Gasteiger partial charge < -0.3 is 10.0 Å². The molecular formula is C13H24N2O3.